The third-order valence-corrected chi connectivity index (χ3v) is 4.91. The molecule has 4 nitrogen and oxygen atoms in total. The second-order valence-electron chi connectivity index (χ2n) is 6.46. The highest BCUT2D eigenvalue weighted by atomic mass is 16.4. The number of hydrogen-bond acceptors (Lipinski definition) is 4. The minimum atomic E-state index is 0.204. The molecule has 0 radical (unpaired) electrons. The van der Waals surface area contributed by atoms with Crippen molar-refractivity contribution in [3.63, 3.8) is 0 Å². The molecule has 1 aromatic rings. The highest BCUT2D eigenvalue weighted by Crippen LogP contribution is 2.32. The van der Waals surface area contributed by atoms with E-state index in [1.54, 1.807) is 0 Å². The van der Waals surface area contributed by atoms with Crippen LogP contribution in [0, 0.1) is 12.8 Å². The molecule has 112 valence electrons. The van der Waals surface area contributed by atoms with E-state index in [1.165, 1.54) is 45.1 Å². The molecule has 2 heterocycles. The number of aromatic nitrogens is 1. The summed E-state index contributed by atoms with van der Waals surface area (Å²) in [6, 6.07) is 1.52. The minimum Gasteiger partial charge on any atom is -0.444 e. The van der Waals surface area contributed by atoms with E-state index in [1.807, 2.05) is 13.1 Å². The van der Waals surface area contributed by atoms with Gasteiger partial charge in [-0.3, -0.25) is 0 Å². The molecule has 1 aromatic heterocycles. The van der Waals surface area contributed by atoms with Crippen molar-refractivity contribution in [3.05, 3.63) is 17.8 Å². The molecule has 2 fully saturated rings. The monoisotopic (exact) mass is 277 g/mol. The Hall–Kier alpha value is -0.870. The quantitative estimate of drug-likeness (QED) is 0.888. The Morgan fingerprint density at radius 3 is 2.85 bits per heavy atom. The summed E-state index contributed by atoms with van der Waals surface area (Å²) in [5, 5.41) is 7.47. The molecule has 4 atom stereocenters. The Kier molecular flexibility index (Phi) is 4.41. The number of nitrogens with zero attached hydrogens (tertiary/aromatic N) is 1. The third-order valence-electron chi connectivity index (χ3n) is 4.91. The molecule has 1 saturated carbocycles. The van der Waals surface area contributed by atoms with Crippen LogP contribution in [0.5, 0.6) is 0 Å². The number of aryl methyl sites for hydroxylation is 1. The number of rotatable bonds is 4. The van der Waals surface area contributed by atoms with Crippen molar-refractivity contribution >= 4 is 0 Å². The highest BCUT2D eigenvalue weighted by Gasteiger charge is 2.34. The van der Waals surface area contributed by atoms with Crippen LogP contribution in [0.1, 0.15) is 63.1 Å². The summed E-state index contributed by atoms with van der Waals surface area (Å²) in [6.07, 6.45) is 9.85. The van der Waals surface area contributed by atoms with Crippen LogP contribution in [-0.4, -0.2) is 23.6 Å². The van der Waals surface area contributed by atoms with Gasteiger partial charge in [0.15, 0.2) is 0 Å². The Bertz CT molecular complexity index is 425. The zero-order chi connectivity index (χ0) is 13.9. The van der Waals surface area contributed by atoms with E-state index in [9.17, 15) is 0 Å². The number of hydrogen-bond donors (Lipinski definition) is 2. The molecular formula is C16H27N3O. The largest absolute Gasteiger partial charge is 0.444 e. The summed E-state index contributed by atoms with van der Waals surface area (Å²) in [5.41, 5.74) is 0. The summed E-state index contributed by atoms with van der Waals surface area (Å²) in [6.45, 7) is 5.32. The lowest BCUT2D eigenvalue weighted by Gasteiger charge is -2.37. The molecule has 4 heteroatoms. The zero-order valence-corrected chi connectivity index (χ0v) is 12.7. The maximum Gasteiger partial charge on any atom is 0.211 e. The summed E-state index contributed by atoms with van der Waals surface area (Å²) < 4.78 is 5.66. The fraction of sp³-hybridized carbons (Fsp3) is 0.812. The standard InChI is InChI=1S/C16H27N3O/c1-11-10-18-16(20-11)12(2)19-15-7-4-3-6-13(15)14-8-5-9-17-14/h10,12-15,17,19H,3-9H2,1-2H3. The summed E-state index contributed by atoms with van der Waals surface area (Å²) in [5.74, 6) is 2.49. The predicted octanol–water partition coefficient (Wildman–Crippen LogP) is 2.94. The van der Waals surface area contributed by atoms with Gasteiger partial charge in [-0.15, -0.1) is 0 Å². The summed E-state index contributed by atoms with van der Waals surface area (Å²) >= 11 is 0. The first-order valence-electron chi connectivity index (χ1n) is 8.16. The average Bonchev–Trinajstić information content (AvgIpc) is 3.10. The van der Waals surface area contributed by atoms with Crippen LogP contribution in [0.4, 0.5) is 0 Å². The average molecular weight is 277 g/mol. The van der Waals surface area contributed by atoms with Crippen LogP contribution in [0.15, 0.2) is 10.6 Å². The van der Waals surface area contributed by atoms with Gasteiger partial charge in [0.25, 0.3) is 0 Å². The van der Waals surface area contributed by atoms with Gasteiger partial charge >= 0.3 is 0 Å². The Morgan fingerprint density at radius 2 is 2.15 bits per heavy atom. The van der Waals surface area contributed by atoms with Gasteiger partial charge < -0.3 is 15.1 Å². The fourth-order valence-electron chi connectivity index (χ4n) is 3.89. The van der Waals surface area contributed by atoms with Crippen molar-refractivity contribution < 1.29 is 4.42 Å². The molecule has 1 aliphatic carbocycles. The first-order chi connectivity index (χ1) is 9.74. The number of nitrogens with one attached hydrogen (secondary N) is 2. The lowest BCUT2D eigenvalue weighted by molar-refractivity contribution is 0.196. The third kappa shape index (κ3) is 3.07. The van der Waals surface area contributed by atoms with Gasteiger partial charge in [-0.2, -0.15) is 0 Å². The maximum atomic E-state index is 5.66. The van der Waals surface area contributed by atoms with Crippen LogP contribution >= 0.6 is 0 Å². The van der Waals surface area contributed by atoms with Crippen LogP contribution < -0.4 is 10.6 Å². The fourth-order valence-corrected chi connectivity index (χ4v) is 3.89. The van der Waals surface area contributed by atoms with Crippen molar-refractivity contribution in [3.8, 4) is 0 Å². The molecule has 3 rings (SSSR count). The molecule has 4 unspecified atom stereocenters. The molecule has 1 aliphatic heterocycles. The molecule has 2 aliphatic rings. The van der Waals surface area contributed by atoms with E-state index < -0.39 is 0 Å². The van der Waals surface area contributed by atoms with Crippen LogP contribution in [-0.2, 0) is 0 Å². The van der Waals surface area contributed by atoms with Gasteiger partial charge in [0.1, 0.15) is 5.76 Å². The summed E-state index contributed by atoms with van der Waals surface area (Å²) in [7, 11) is 0. The van der Waals surface area contributed by atoms with E-state index in [4.69, 9.17) is 4.42 Å². The van der Waals surface area contributed by atoms with E-state index in [-0.39, 0.29) is 6.04 Å². The molecule has 0 amide bonds. The maximum absolute atomic E-state index is 5.66. The van der Waals surface area contributed by atoms with Gasteiger partial charge in [0, 0.05) is 12.1 Å². The first-order valence-corrected chi connectivity index (χ1v) is 8.16. The Balaban J connectivity index is 1.64. The molecule has 2 N–H and O–H groups in total. The van der Waals surface area contributed by atoms with Gasteiger partial charge in [-0.05, 0) is 52.0 Å². The van der Waals surface area contributed by atoms with Gasteiger partial charge in [0.05, 0.1) is 12.2 Å². The second-order valence-corrected chi connectivity index (χ2v) is 6.46. The van der Waals surface area contributed by atoms with Crippen LogP contribution in [0.2, 0.25) is 0 Å². The van der Waals surface area contributed by atoms with Crippen LogP contribution in [0.25, 0.3) is 0 Å². The van der Waals surface area contributed by atoms with Crippen molar-refractivity contribution in [2.45, 2.75) is 70.5 Å². The van der Waals surface area contributed by atoms with E-state index >= 15 is 0 Å². The topological polar surface area (TPSA) is 50.1 Å². The molecule has 1 saturated heterocycles. The van der Waals surface area contributed by atoms with Crippen LogP contribution in [0.3, 0.4) is 0 Å². The second kappa shape index (κ2) is 6.27. The predicted molar refractivity (Wildman–Crippen MR) is 79.6 cm³/mol. The van der Waals surface area contributed by atoms with Crippen molar-refractivity contribution in [1.82, 2.24) is 15.6 Å². The smallest absolute Gasteiger partial charge is 0.211 e. The van der Waals surface area contributed by atoms with Gasteiger partial charge in [-0.1, -0.05) is 12.8 Å². The molecule has 0 spiro atoms. The Morgan fingerprint density at radius 1 is 1.30 bits per heavy atom. The Labute approximate surface area is 121 Å². The molecule has 0 bridgehead atoms. The molecular weight excluding hydrogens is 250 g/mol. The summed E-state index contributed by atoms with van der Waals surface area (Å²) in [4.78, 5) is 4.36. The number of oxazole rings is 1. The zero-order valence-electron chi connectivity index (χ0n) is 12.7. The van der Waals surface area contributed by atoms with E-state index in [0.717, 1.165) is 17.6 Å². The highest BCUT2D eigenvalue weighted by molar-refractivity contribution is 4.98. The lowest BCUT2D eigenvalue weighted by atomic mass is 9.79. The van der Waals surface area contributed by atoms with Crippen molar-refractivity contribution in [2.24, 2.45) is 5.92 Å². The van der Waals surface area contributed by atoms with E-state index in [2.05, 4.69) is 22.5 Å². The van der Waals surface area contributed by atoms with Gasteiger partial charge in [-0.25, -0.2) is 4.98 Å². The van der Waals surface area contributed by atoms with Crippen molar-refractivity contribution in [2.75, 3.05) is 6.54 Å². The minimum absolute atomic E-state index is 0.204. The molecule has 20 heavy (non-hydrogen) atoms. The lowest BCUT2D eigenvalue weighted by Crippen LogP contribution is -2.47. The van der Waals surface area contributed by atoms with E-state index in [0.29, 0.717) is 12.1 Å². The SMILES string of the molecule is Cc1cnc(C(C)NC2CCCCC2C2CCCN2)o1. The normalized spacial score (nSPS) is 32.4. The van der Waals surface area contributed by atoms with Gasteiger partial charge in [0.2, 0.25) is 5.89 Å². The van der Waals surface area contributed by atoms with Crippen molar-refractivity contribution in [1.29, 1.82) is 0 Å². The first kappa shape index (κ1) is 14.1. The molecule has 0 aromatic carbocycles.